The van der Waals surface area contributed by atoms with Crippen LogP contribution in [0.4, 0.5) is 0 Å². The minimum absolute atomic E-state index is 0.0811. The van der Waals surface area contributed by atoms with Crippen molar-refractivity contribution in [1.29, 1.82) is 0 Å². The van der Waals surface area contributed by atoms with E-state index in [1.165, 1.54) is 0 Å². The third-order valence-corrected chi connectivity index (χ3v) is 5.02. The van der Waals surface area contributed by atoms with Gasteiger partial charge in [-0.05, 0) is 36.2 Å². The summed E-state index contributed by atoms with van der Waals surface area (Å²) in [6.45, 7) is 2.09. The van der Waals surface area contributed by atoms with Gasteiger partial charge in [-0.25, -0.2) is 0 Å². The lowest BCUT2D eigenvalue weighted by Gasteiger charge is -2.11. The molecule has 2 aromatic rings. The zero-order valence-electron chi connectivity index (χ0n) is 12.6. The smallest absolute Gasteiger partial charge is 0.310 e. The topological polar surface area (TPSA) is 43.4 Å². The van der Waals surface area contributed by atoms with Crippen LogP contribution in [0.5, 0.6) is 0 Å². The summed E-state index contributed by atoms with van der Waals surface area (Å²) in [5.74, 6) is 0.297. The Hall–Kier alpha value is -1.78. The predicted octanol–water partition coefficient (Wildman–Crippen LogP) is 4.28. The van der Waals surface area contributed by atoms with Crippen LogP contribution in [-0.2, 0) is 21.7 Å². The number of carbonyl (C=O) groups is 2. The Morgan fingerprint density at radius 2 is 2.13 bits per heavy atom. The Labute approximate surface area is 144 Å². The van der Waals surface area contributed by atoms with E-state index < -0.39 is 0 Å². The summed E-state index contributed by atoms with van der Waals surface area (Å²) in [5, 5.41) is 0.536. The number of esters is 1. The van der Waals surface area contributed by atoms with Crippen molar-refractivity contribution in [3.8, 4) is 0 Å². The van der Waals surface area contributed by atoms with E-state index in [2.05, 4.69) is 0 Å². The van der Waals surface area contributed by atoms with Crippen LogP contribution in [0.1, 0.15) is 34.0 Å². The summed E-state index contributed by atoms with van der Waals surface area (Å²) in [6, 6.07) is 11.0. The molecule has 0 fully saturated rings. The van der Waals surface area contributed by atoms with Gasteiger partial charge in [-0.15, -0.1) is 11.8 Å². The van der Waals surface area contributed by atoms with E-state index in [0.717, 1.165) is 10.5 Å². The highest BCUT2D eigenvalue weighted by molar-refractivity contribution is 7.98. The van der Waals surface area contributed by atoms with Crippen LogP contribution in [0.3, 0.4) is 0 Å². The van der Waals surface area contributed by atoms with E-state index in [0.29, 0.717) is 34.1 Å². The van der Waals surface area contributed by atoms with Gasteiger partial charge >= 0.3 is 5.97 Å². The molecule has 0 unspecified atom stereocenters. The maximum Gasteiger partial charge on any atom is 0.310 e. The average Bonchev–Trinajstić information content (AvgIpc) is 2.66. The van der Waals surface area contributed by atoms with Crippen LogP contribution in [0.25, 0.3) is 0 Å². The number of rotatable bonds is 3. The van der Waals surface area contributed by atoms with Crippen LogP contribution >= 0.6 is 23.4 Å². The fraction of sp³-hybridized carbons (Fsp3) is 0.222. The van der Waals surface area contributed by atoms with E-state index in [1.807, 2.05) is 24.3 Å². The van der Waals surface area contributed by atoms with Crippen LogP contribution in [0.15, 0.2) is 41.3 Å². The summed E-state index contributed by atoms with van der Waals surface area (Å²) in [7, 11) is 0. The molecule has 0 aromatic heterocycles. The third kappa shape index (κ3) is 3.28. The molecule has 118 valence electrons. The predicted molar refractivity (Wildman–Crippen MR) is 91.2 cm³/mol. The van der Waals surface area contributed by atoms with E-state index >= 15 is 0 Å². The van der Waals surface area contributed by atoms with Gasteiger partial charge in [0.2, 0.25) is 0 Å². The zero-order valence-corrected chi connectivity index (χ0v) is 14.2. The summed E-state index contributed by atoms with van der Waals surface area (Å²) in [6.07, 6.45) is 0.0964. The molecule has 0 amide bonds. The van der Waals surface area contributed by atoms with Gasteiger partial charge in [0.25, 0.3) is 0 Å². The van der Waals surface area contributed by atoms with Gasteiger partial charge in [0.1, 0.15) is 0 Å². The molecular weight excluding hydrogens is 332 g/mol. The first-order valence-corrected chi connectivity index (χ1v) is 8.70. The molecule has 0 N–H and O–H groups in total. The van der Waals surface area contributed by atoms with E-state index in [4.69, 9.17) is 16.3 Å². The number of carbonyl (C=O) groups excluding carboxylic acids is 2. The maximum atomic E-state index is 13.0. The second-order valence-corrected chi connectivity index (χ2v) is 6.64. The van der Waals surface area contributed by atoms with Gasteiger partial charge in [-0.2, -0.15) is 0 Å². The molecule has 0 saturated heterocycles. The Bertz CT molecular complexity index is 786. The van der Waals surface area contributed by atoms with Crippen molar-refractivity contribution >= 4 is 35.1 Å². The summed E-state index contributed by atoms with van der Waals surface area (Å²) >= 11 is 7.65. The highest BCUT2D eigenvalue weighted by Gasteiger charge is 2.25. The lowest BCUT2D eigenvalue weighted by molar-refractivity contribution is -0.142. The number of halogens is 1. The molecule has 1 aliphatic heterocycles. The molecule has 0 radical (unpaired) electrons. The molecule has 3 rings (SSSR count). The minimum atomic E-state index is -0.325. The first-order valence-electron chi connectivity index (χ1n) is 7.33. The molecule has 0 saturated carbocycles. The number of benzene rings is 2. The van der Waals surface area contributed by atoms with Crippen molar-refractivity contribution < 1.29 is 14.3 Å². The SMILES string of the molecule is CCOC(=O)Cc1cccc2c1C(=O)c1cc(Cl)ccc1CS2. The Morgan fingerprint density at radius 1 is 1.30 bits per heavy atom. The van der Waals surface area contributed by atoms with Crippen molar-refractivity contribution in [2.45, 2.75) is 24.0 Å². The van der Waals surface area contributed by atoms with Crippen LogP contribution in [-0.4, -0.2) is 18.4 Å². The molecule has 0 bridgehead atoms. The van der Waals surface area contributed by atoms with Crippen LogP contribution in [0, 0.1) is 0 Å². The normalized spacial score (nSPS) is 13.0. The second kappa shape index (κ2) is 6.77. The van der Waals surface area contributed by atoms with Crippen molar-refractivity contribution in [2.75, 3.05) is 6.61 Å². The summed E-state index contributed by atoms with van der Waals surface area (Å²) in [4.78, 5) is 25.7. The highest BCUT2D eigenvalue weighted by atomic mass is 35.5. The number of hydrogen-bond acceptors (Lipinski definition) is 4. The van der Waals surface area contributed by atoms with Gasteiger partial charge < -0.3 is 4.74 Å². The van der Waals surface area contributed by atoms with E-state index in [-0.39, 0.29) is 18.2 Å². The molecule has 1 aliphatic rings. The number of fused-ring (bicyclic) bond motifs is 2. The van der Waals surface area contributed by atoms with Crippen LogP contribution in [0.2, 0.25) is 5.02 Å². The van der Waals surface area contributed by atoms with Gasteiger partial charge in [-0.3, -0.25) is 9.59 Å². The third-order valence-electron chi connectivity index (χ3n) is 3.68. The molecule has 5 heteroatoms. The molecular formula is C18H15ClO3S. The molecule has 1 heterocycles. The quantitative estimate of drug-likeness (QED) is 0.778. The molecule has 0 spiro atoms. The number of thioether (sulfide) groups is 1. The summed E-state index contributed by atoms with van der Waals surface area (Å²) in [5.41, 5.74) is 2.86. The Balaban J connectivity index is 2.07. The lowest BCUT2D eigenvalue weighted by Crippen LogP contribution is -2.13. The van der Waals surface area contributed by atoms with Crippen molar-refractivity contribution in [3.63, 3.8) is 0 Å². The minimum Gasteiger partial charge on any atom is -0.466 e. The molecule has 23 heavy (non-hydrogen) atoms. The molecule has 2 aromatic carbocycles. The molecule has 0 atom stereocenters. The highest BCUT2D eigenvalue weighted by Crippen LogP contribution is 2.36. The summed E-state index contributed by atoms with van der Waals surface area (Å²) < 4.78 is 5.01. The van der Waals surface area contributed by atoms with Crippen molar-refractivity contribution in [3.05, 3.63) is 63.7 Å². The second-order valence-electron chi connectivity index (χ2n) is 5.19. The van der Waals surface area contributed by atoms with E-state index in [1.54, 1.807) is 30.8 Å². The zero-order chi connectivity index (χ0) is 16.4. The Kier molecular flexibility index (Phi) is 4.74. The Morgan fingerprint density at radius 3 is 2.91 bits per heavy atom. The number of hydrogen-bond donors (Lipinski definition) is 0. The van der Waals surface area contributed by atoms with Gasteiger partial charge in [0.15, 0.2) is 5.78 Å². The molecule has 3 nitrogen and oxygen atoms in total. The molecule has 0 aliphatic carbocycles. The van der Waals surface area contributed by atoms with Crippen LogP contribution < -0.4 is 0 Å². The monoisotopic (exact) mass is 346 g/mol. The van der Waals surface area contributed by atoms with E-state index in [9.17, 15) is 9.59 Å². The number of ketones is 1. The van der Waals surface area contributed by atoms with Gasteiger partial charge in [-0.1, -0.05) is 29.8 Å². The fourth-order valence-corrected chi connectivity index (χ4v) is 3.92. The largest absolute Gasteiger partial charge is 0.466 e. The standard InChI is InChI=1S/C18H15ClO3S/c1-2-22-16(20)8-11-4-3-5-15-17(11)18(21)14-9-13(19)7-6-12(14)10-23-15/h3-7,9H,2,8,10H2,1H3. The first-order chi connectivity index (χ1) is 11.1. The number of ether oxygens (including phenoxy) is 1. The van der Waals surface area contributed by atoms with Gasteiger partial charge in [0, 0.05) is 26.8 Å². The fourth-order valence-electron chi connectivity index (χ4n) is 2.65. The van der Waals surface area contributed by atoms with Gasteiger partial charge in [0.05, 0.1) is 13.0 Å². The maximum absolute atomic E-state index is 13.0. The van der Waals surface area contributed by atoms with Crippen molar-refractivity contribution in [1.82, 2.24) is 0 Å². The average molecular weight is 347 g/mol. The first kappa shape index (κ1) is 16.1. The lowest BCUT2D eigenvalue weighted by atomic mass is 9.94. The van der Waals surface area contributed by atoms with Crippen molar-refractivity contribution in [2.24, 2.45) is 0 Å².